The Bertz CT molecular complexity index is 1180. The van der Waals surface area contributed by atoms with Crippen LogP contribution in [0.2, 0.25) is 0 Å². The minimum absolute atomic E-state index is 0.0335. The molecule has 1 atom stereocenters. The first-order valence-electron chi connectivity index (χ1n) is 11.3. The fourth-order valence-corrected chi connectivity index (χ4v) is 4.22. The van der Waals surface area contributed by atoms with Crippen molar-refractivity contribution in [1.29, 1.82) is 0 Å². The van der Waals surface area contributed by atoms with Gasteiger partial charge in [-0.1, -0.05) is 48.5 Å². The SMILES string of the molecule is NC(c1ncc(-c2ccc(-c3ccc(-c4cnc(CC5CC5)[nH]4)cc3)cc2)[nH]1)C1CC1. The molecule has 0 bridgehead atoms. The molecule has 0 aliphatic heterocycles. The van der Waals surface area contributed by atoms with Crippen LogP contribution in [0.25, 0.3) is 33.6 Å². The third-order valence-electron chi connectivity index (χ3n) is 6.57. The highest BCUT2D eigenvalue weighted by molar-refractivity contribution is 5.71. The number of aromatic nitrogens is 4. The fourth-order valence-electron chi connectivity index (χ4n) is 4.22. The van der Waals surface area contributed by atoms with Gasteiger partial charge in [0.15, 0.2) is 0 Å². The van der Waals surface area contributed by atoms with Gasteiger partial charge in [-0.2, -0.15) is 0 Å². The lowest BCUT2D eigenvalue weighted by atomic mass is 10.0. The summed E-state index contributed by atoms with van der Waals surface area (Å²) in [5, 5.41) is 0. The smallest absolute Gasteiger partial charge is 0.123 e. The lowest BCUT2D eigenvalue weighted by Gasteiger charge is -2.06. The van der Waals surface area contributed by atoms with Crippen molar-refractivity contribution in [1.82, 2.24) is 19.9 Å². The van der Waals surface area contributed by atoms with Crippen molar-refractivity contribution in [3.8, 4) is 33.6 Å². The maximum Gasteiger partial charge on any atom is 0.123 e. The number of hydrogen-bond acceptors (Lipinski definition) is 3. The second-order valence-electron chi connectivity index (χ2n) is 9.09. The van der Waals surface area contributed by atoms with Crippen LogP contribution in [0.5, 0.6) is 0 Å². The molecule has 2 aliphatic rings. The Morgan fingerprint density at radius 3 is 1.87 bits per heavy atom. The molecule has 2 fully saturated rings. The van der Waals surface area contributed by atoms with Gasteiger partial charge < -0.3 is 15.7 Å². The summed E-state index contributed by atoms with van der Waals surface area (Å²) >= 11 is 0. The topological polar surface area (TPSA) is 83.4 Å². The minimum Gasteiger partial charge on any atom is -0.342 e. The Hall–Kier alpha value is -3.18. The van der Waals surface area contributed by atoms with Crippen molar-refractivity contribution < 1.29 is 0 Å². The molecule has 4 N–H and O–H groups in total. The molecular formula is C26H27N5. The number of H-pyrrole nitrogens is 2. The second kappa shape index (κ2) is 7.50. The Labute approximate surface area is 182 Å². The maximum absolute atomic E-state index is 6.27. The molecule has 156 valence electrons. The van der Waals surface area contributed by atoms with Gasteiger partial charge in [0.1, 0.15) is 11.6 Å². The van der Waals surface area contributed by atoms with Crippen LogP contribution >= 0.6 is 0 Å². The van der Waals surface area contributed by atoms with E-state index in [1.54, 1.807) is 0 Å². The van der Waals surface area contributed by atoms with Crippen LogP contribution in [0.4, 0.5) is 0 Å². The van der Waals surface area contributed by atoms with Crippen LogP contribution in [0.15, 0.2) is 60.9 Å². The van der Waals surface area contributed by atoms with E-state index in [1.165, 1.54) is 42.4 Å². The zero-order chi connectivity index (χ0) is 20.8. The van der Waals surface area contributed by atoms with Gasteiger partial charge in [0, 0.05) is 6.42 Å². The lowest BCUT2D eigenvalue weighted by molar-refractivity contribution is 0.600. The molecule has 2 aromatic carbocycles. The van der Waals surface area contributed by atoms with Gasteiger partial charge >= 0.3 is 0 Å². The number of benzene rings is 2. The Kier molecular flexibility index (Phi) is 4.50. The van der Waals surface area contributed by atoms with E-state index in [0.29, 0.717) is 5.92 Å². The maximum atomic E-state index is 6.27. The average molecular weight is 410 g/mol. The monoisotopic (exact) mass is 409 g/mol. The minimum atomic E-state index is 0.0335. The standard InChI is InChI=1S/C26H27N5/c27-25(21-11-12-21)26-29-15-23(31-26)20-9-5-18(6-10-20)17-3-7-19(8-4-17)22-14-28-24(30-22)13-16-1-2-16/h3-10,14-16,21,25H,1-2,11-13,27H2,(H,28,30)(H,29,31). The molecule has 5 heteroatoms. The van der Waals surface area contributed by atoms with E-state index in [9.17, 15) is 0 Å². The Balaban J connectivity index is 1.17. The molecule has 5 nitrogen and oxygen atoms in total. The van der Waals surface area contributed by atoms with Crippen LogP contribution in [0.1, 0.15) is 43.4 Å². The molecule has 2 aromatic heterocycles. The van der Waals surface area contributed by atoms with Crippen LogP contribution in [-0.2, 0) is 6.42 Å². The van der Waals surface area contributed by atoms with Crippen molar-refractivity contribution in [2.24, 2.45) is 17.6 Å². The second-order valence-corrected chi connectivity index (χ2v) is 9.09. The third kappa shape index (κ3) is 3.93. The summed E-state index contributed by atoms with van der Waals surface area (Å²) in [6.45, 7) is 0. The van der Waals surface area contributed by atoms with Gasteiger partial charge in [-0.15, -0.1) is 0 Å². The summed E-state index contributed by atoms with van der Waals surface area (Å²) in [4.78, 5) is 15.9. The number of imidazole rings is 2. The number of rotatable bonds is 7. The van der Waals surface area contributed by atoms with Gasteiger partial charge in [-0.05, 0) is 59.8 Å². The molecule has 31 heavy (non-hydrogen) atoms. The number of nitrogens with two attached hydrogens (primary N) is 1. The number of aromatic amines is 2. The highest BCUT2D eigenvalue weighted by Gasteiger charge is 2.31. The number of nitrogens with zero attached hydrogens (tertiary/aromatic N) is 2. The molecule has 0 radical (unpaired) electrons. The molecular weight excluding hydrogens is 382 g/mol. The van der Waals surface area contributed by atoms with Crippen molar-refractivity contribution in [3.63, 3.8) is 0 Å². The third-order valence-corrected chi connectivity index (χ3v) is 6.57. The van der Waals surface area contributed by atoms with Gasteiger partial charge in [-0.3, -0.25) is 0 Å². The summed E-state index contributed by atoms with van der Waals surface area (Å²) in [6, 6.07) is 17.3. The van der Waals surface area contributed by atoms with E-state index in [4.69, 9.17) is 5.73 Å². The van der Waals surface area contributed by atoms with Gasteiger partial charge in [0.2, 0.25) is 0 Å². The first-order valence-corrected chi connectivity index (χ1v) is 11.3. The normalized spacial score (nSPS) is 17.1. The van der Waals surface area contributed by atoms with Crippen LogP contribution in [0.3, 0.4) is 0 Å². The molecule has 2 saturated carbocycles. The Morgan fingerprint density at radius 2 is 1.29 bits per heavy atom. The summed E-state index contributed by atoms with van der Waals surface area (Å²) in [5.41, 5.74) is 13.1. The van der Waals surface area contributed by atoms with Crippen LogP contribution < -0.4 is 5.73 Å². The summed E-state index contributed by atoms with van der Waals surface area (Å²) in [6.07, 6.45) is 10.0. The van der Waals surface area contributed by atoms with E-state index < -0.39 is 0 Å². The van der Waals surface area contributed by atoms with Gasteiger partial charge in [0.25, 0.3) is 0 Å². The highest BCUT2D eigenvalue weighted by Crippen LogP contribution is 2.39. The molecule has 2 aliphatic carbocycles. The lowest BCUT2D eigenvalue weighted by Crippen LogP contribution is -2.13. The number of nitrogens with one attached hydrogen (secondary N) is 2. The zero-order valence-corrected chi connectivity index (χ0v) is 17.5. The van der Waals surface area contributed by atoms with Crippen molar-refractivity contribution >= 4 is 0 Å². The van der Waals surface area contributed by atoms with E-state index in [2.05, 4.69) is 68.5 Å². The van der Waals surface area contributed by atoms with Gasteiger partial charge in [0.05, 0.1) is 29.8 Å². The largest absolute Gasteiger partial charge is 0.342 e. The first kappa shape index (κ1) is 18.6. The van der Waals surface area contributed by atoms with Crippen LogP contribution in [-0.4, -0.2) is 19.9 Å². The zero-order valence-electron chi connectivity index (χ0n) is 17.5. The van der Waals surface area contributed by atoms with E-state index in [-0.39, 0.29) is 6.04 Å². The summed E-state index contributed by atoms with van der Waals surface area (Å²) < 4.78 is 0. The quantitative estimate of drug-likeness (QED) is 0.377. The molecule has 0 spiro atoms. The van der Waals surface area contributed by atoms with Crippen molar-refractivity contribution in [2.75, 3.05) is 0 Å². The summed E-state index contributed by atoms with van der Waals surface area (Å²) in [7, 11) is 0. The van der Waals surface area contributed by atoms with Crippen molar-refractivity contribution in [3.05, 3.63) is 72.6 Å². The predicted molar refractivity (Wildman–Crippen MR) is 123 cm³/mol. The molecule has 0 amide bonds. The highest BCUT2D eigenvalue weighted by atomic mass is 15.0. The molecule has 1 unspecified atom stereocenters. The van der Waals surface area contributed by atoms with Crippen LogP contribution in [0, 0.1) is 11.8 Å². The number of hydrogen-bond donors (Lipinski definition) is 3. The van der Waals surface area contributed by atoms with Crippen molar-refractivity contribution in [2.45, 2.75) is 38.1 Å². The predicted octanol–water partition coefficient (Wildman–Crippen LogP) is 5.50. The molecule has 4 aromatic rings. The van der Waals surface area contributed by atoms with E-state index in [1.807, 2.05) is 12.4 Å². The average Bonchev–Trinajstić information content (AvgIpc) is 3.72. The molecule has 2 heterocycles. The fraction of sp³-hybridized carbons (Fsp3) is 0.308. The molecule has 6 rings (SSSR count). The molecule has 0 saturated heterocycles. The summed E-state index contributed by atoms with van der Waals surface area (Å²) in [5.74, 6) is 3.44. The van der Waals surface area contributed by atoms with E-state index >= 15 is 0 Å². The first-order chi connectivity index (χ1) is 15.2. The van der Waals surface area contributed by atoms with Gasteiger partial charge in [-0.25, -0.2) is 9.97 Å². The Morgan fingerprint density at radius 1 is 0.742 bits per heavy atom. The van der Waals surface area contributed by atoms with E-state index in [0.717, 1.165) is 40.9 Å².